The SMILES string of the molecule is COCCn1c(SCc2nc(-c3cccs3)oc2C)nc2cc(Cl)ccc2c1=O. The van der Waals surface area contributed by atoms with Crippen LogP contribution in [-0.4, -0.2) is 28.3 Å². The summed E-state index contributed by atoms with van der Waals surface area (Å²) in [5.74, 6) is 1.91. The molecule has 0 radical (unpaired) electrons. The first-order chi connectivity index (χ1) is 14.1. The van der Waals surface area contributed by atoms with Gasteiger partial charge in [0.15, 0.2) is 5.16 Å². The zero-order valence-electron chi connectivity index (χ0n) is 15.8. The lowest BCUT2D eigenvalue weighted by atomic mass is 10.2. The first-order valence-corrected chi connectivity index (χ1v) is 11.1. The lowest BCUT2D eigenvalue weighted by Gasteiger charge is -2.12. The van der Waals surface area contributed by atoms with Crippen LogP contribution in [0.2, 0.25) is 5.02 Å². The molecule has 3 aromatic heterocycles. The number of aromatic nitrogens is 3. The van der Waals surface area contributed by atoms with E-state index in [0.29, 0.717) is 45.9 Å². The fourth-order valence-electron chi connectivity index (χ4n) is 2.86. The quantitative estimate of drug-likeness (QED) is 0.293. The largest absolute Gasteiger partial charge is 0.440 e. The molecule has 0 fully saturated rings. The molecule has 0 unspecified atom stereocenters. The van der Waals surface area contributed by atoms with Crippen molar-refractivity contribution in [3.63, 3.8) is 0 Å². The number of halogens is 1. The fraction of sp³-hybridized carbons (Fsp3) is 0.250. The molecule has 0 saturated heterocycles. The molecule has 1 aromatic carbocycles. The van der Waals surface area contributed by atoms with E-state index in [1.165, 1.54) is 11.8 Å². The Kier molecular flexibility index (Phi) is 6.05. The highest BCUT2D eigenvalue weighted by atomic mass is 35.5. The Morgan fingerprint density at radius 1 is 1.31 bits per heavy atom. The van der Waals surface area contributed by atoms with Crippen LogP contribution in [0.3, 0.4) is 0 Å². The van der Waals surface area contributed by atoms with Crippen molar-refractivity contribution in [3.8, 4) is 10.8 Å². The topological polar surface area (TPSA) is 70.2 Å². The Hall–Kier alpha value is -2.13. The van der Waals surface area contributed by atoms with Crippen LogP contribution in [0.15, 0.2) is 50.1 Å². The number of thioether (sulfide) groups is 1. The molecular formula is C20H18ClN3O3S2. The summed E-state index contributed by atoms with van der Waals surface area (Å²) in [6.45, 7) is 2.73. The number of hydrogen-bond acceptors (Lipinski definition) is 7. The van der Waals surface area contributed by atoms with Crippen LogP contribution in [0.4, 0.5) is 0 Å². The van der Waals surface area contributed by atoms with E-state index >= 15 is 0 Å². The molecule has 0 amide bonds. The van der Waals surface area contributed by atoms with Crippen molar-refractivity contribution in [2.45, 2.75) is 24.4 Å². The molecule has 0 aliphatic carbocycles. The predicted octanol–water partition coefficient (Wildman–Crippen LogP) is 5.01. The number of nitrogens with zero attached hydrogens (tertiary/aromatic N) is 3. The van der Waals surface area contributed by atoms with Crippen molar-refractivity contribution in [3.05, 3.63) is 62.5 Å². The van der Waals surface area contributed by atoms with Crippen LogP contribution in [0.5, 0.6) is 0 Å². The van der Waals surface area contributed by atoms with Crippen LogP contribution in [0.1, 0.15) is 11.5 Å². The lowest BCUT2D eigenvalue weighted by Crippen LogP contribution is -2.25. The fourth-order valence-corrected chi connectivity index (χ4v) is 4.71. The molecule has 0 N–H and O–H groups in total. The highest BCUT2D eigenvalue weighted by molar-refractivity contribution is 7.98. The Bertz CT molecular complexity index is 1200. The average molecular weight is 448 g/mol. The molecular weight excluding hydrogens is 430 g/mol. The van der Waals surface area contributed by atoms with Gasteiger partial charge in [-0.1, -0.05) is 29.4 Å². The number of fused-ring (bicyclic) bond motifs is 1. The minimum absolute atomic E-state index is 0.109. The molecule has 0 atom stereocenters. The van der Waals surface area contributed by atoms with E-state index < -0.39 is 0 Å². The summed E-state index contributed by atoms with van der Waals surface area (Å²) >= 11 is 9.12. The first kappa shape index (κ1) is 20.2. The van der Waals surface area contributed by atoms with E-state index in [2.05, 4.69) is 9.97 Å². The highest BCUT2D eigenvalue weighted by Crippen LogP contribution is 2.29. The van der Waals surface area contributed by atoms with Crippen molar-refractivity contribution in [2.24, 2.45) is 0 Å². The number of thiophene rings is 1. The van der Waals surface area contributed by atoms with Gasteiger partial charge in [0.05, 0.1) is 34.6 Å². The Morgan fingerprint density at radius 2 is 2.17 bits per heavy atom. The van der Waals surface area contributed by atoms with Gasteiger partial charge in [-0.25, -0.2) is 9.97 Å². The summed E-state index contributed by atoms with van der Waals surface area (Å²) < 4.78 is 12.6. The molecule has 29 heavy (non-hydrogen) atoms. The van der Waals surface area contributed by atoms with E-state index in [0.717, 1.165) is 16.3 Å². The zero-order chi connectivity index (χ0) is 20.4. The summed E-state index contributed by atoms with van der Waals surface area (Å²) in [5.41, 5.74) is 1.30. The van der Waals surface area contributed by atoms with E-state index in [1.54, 1.807) is 41.2 Å². The molecule has 6 nitrogen and oxygen atoms in total. The normalized spacial score (nSPS) is 11.4. The maximum Gasteiger partial charge on any atom is 0.262 e. The maximum absolute atomic E-state index is 13.0. The molecule has 3 heterocycles. The van der Waals surface area contributed by atoms with Crippen LogP contribution in [0.25, 0.3) is 21.7 Å². The van der Waals surface area contributed by atoms with Gasteiger partial charge in [-0.15, -0.1) is 11.3 Å². The molecule has 0 saturated carbocycles. The van der Waals surface area contributed by atoms with Gasteiger partial charge in [0, 0.05) is 17.9 Å². The number of aryl methyl sites for hydroxylation is 1. The molecule has 0 bridgehead atoms. The van der Waals surface area contributed by atoms with Crippen LogP contribution >= 0.6 is 34.7 Å². The second-order valence-corrected chi connectivity index (χ2v) is 8.62. The molecule has 4 aromatic rings. The molecule has 0 spiro atoms. The second-order valence-electron chi connectivity index (χ2n) is 6.29. The van der Waals surface area contributed by atoms with Gasteiger partial charge >= 0.3 is 0 Å². The minimum atomic E-state index is -0.109. The van der Waals surface area contributed by atoms with Crippen LogP contribution < -0.4 is 5.56 Å². The van der Waals surface area contributed by atoms with Crippen LogP contribution in [0, 0.1) is 6.92 Å². The third-order valence-corrected chi connectivity index (χ3v) is 6.44. The van der Waals surface area contributed by atoms with Crippen molar-refractivity contribution in [1.82, 2.24) is 14.5 Å². The van der Waals surface area contributed by atoms with E-state index in [1.807, 2.05) is 24.4 Å². The summed E-state index contributed by atoms with van der Waals surface area (Å²) in [7, 11) is 1.61. The predicted molar refractivity (Wildman–Crippen MR) is 117 cm³/mol. The summed E-state index contributed by atoms with van der Waals surface area (Å²) in [4.78, 5) is 23.3. The Balaban J connectivity index is 1.67. The number of ether oxygens (including phenoxy) is 1. The van der Waals surface area contributed by atoms with Gasteiger partial charge in [0.2, 0.25) is 5.89 Å². The third-order valence-electron chi connectivity index (χ3n) is 4.36. The van der Waals surface area contributed by atoms with Gasteiger partial charge in [0.25, 0.3) is 5.56 Å². The summed E-state index contributed by atoms with van der Waals surface area (Å²) in [5, 5.41) is 3.67. The monoisotopic (exact) mass is 447 g/mol. The Morgan fingerprint density at radius 3 is 2.93 bits per heavy atom. The van der Waals surface area contributed by atoms with E-state index in [4.69, 9.17) is 20.8 Å². The number of benzene rings is 1. The number of methoxy groups -OCH3 is 1. The molecule has 9 heteroatoms. The second kappa shape index (κ2) is 8.71. The molecule has 4 rings (SSSR count). The number of rotatable bonds is 7. The summed E-state index contributed by atoms with van der Waals surface area (Å²) in [6.07, 6.45) is 0. The van der Waals surface area contributed by atoms with Crippen LogP contribution in [-0.2, 0) is 17.0 Å². The van der Waals surface area contributed by atoms with Gasteiger partial charge < -0.3 is 9.15 Å². The minimum Gasteiger partial charge on any atom is -0.440 e. The molecule has 0 aliphatic rings. The average Bonchev–Trinajstić information content (AvgIpc) is 3.35. The summed E-state index contributed by atoms with van der Waals surface area (Å²) in [6, 6.07) is 9.06. The van der Waals surface area contributed by atoms with E-state index in [-0.39, 0.29) is 5.56 Å². The first-order valence-electron chi connectivity index (χ1n) is 8.89. The van der Waals surface area contributed by atoms with Crippen molar-refractivity contribution in [2.75, 3.05) is 13.7 Å². The van der Waals surface area contributed by atoms with Crippen molar-refractivity contribution < 1.29 is 9.15 Å². The van der Waals surface area contributed by atoms with Gasteiger partial charge in [-0.05, 0) is 36.6 Å². The van der Waals surface area contributed by atoms with Crippen molar-refractivity contribution >= 4 is 45.6 Å². The van der Waals surface area contributed by atoms with Crippen molar-refractivity contribution in [1.29, 1.82) is 0 Å². The van der Waals surface area contributed by atoms with Gasteiger partial charge in [0.1, 0.15) is 5.76 Å². The number of hydrogen-bond donors (Lipinski definition) is 0. The molecule has 150 valence electrons. The van der Waals surface area contributed by atoms with Gasteiger partial charge in [-0.2, -0.15) is 0 Å². The highest BCUT2D eigenvalue weighted by Gasteiger charge is 2.16. The van der Waals surface area contributed by atoms with E-state index in [9.17, 15) is 4.79 Å². The molecule has 0 aliphatic heterocycles. The van der Waals surface area contributed by atoms with Gasteiger partial charge in [-0.3, -0.25) is 9.36 Å². The lowest BCUT2D eigenvalue weighted by molar-refractivity contribution is 0.183. The third kappa shape index (κ3) is 4.25. The smallest absolute Gasteiger partial charge is 0.262 e. The standard InChI is InChI=1S/C20H18ClN3O3S2/c1-12-16(22-18(27-12)17-4-3-9-28-17)11-29-20-23-15-10-13(21)5-6-14(15)19(25)24(20)7-8-26-2/h3-6,9-10H,7-8,11H2,1-2H3. The number of oxazole rings is 1. The zero-order valence-corrected chi connectivity index (χ0v) is 18.2. The Labute approximate surface area is 180 Å². The maximum atomic E-state index is 13.0.